The first-order valence-electron chi connectivity index (χ1n) is 6.57. The Bertz CT molecular complexity index is 385. The van der Waals surface area contributed by atoms with E-state index < -0.39 is 0 Å². The lowest BCUT2D eigenvalue weighted by molar-refractivity contribution is 0.0599. The van der Waals surface area contributed by atoms with Gasteiger partial charge in [0.15, 0.2) is 0 Å². The van der Waals surface area contributed by atoms with E-state index in [4.69, 9.17) is 9.47 Å². The molecule has 0 atom stereocenters. The van der Waals surface area contributed by atoms with Gasteiger partial charge in [-0.3, -0.25) is 0 Å². The number of unbranched alkanes of at least 4 members (excludes halogenated alkanes) is 1. The molecule has 0 aliphatic carbocycles. The summed E-state index contributed by atoms with van der Waals surface area (Å²) in [6.45, 7) is 4.91. The van der Waals surface area contributed by atoms with Gasteiger partial charge >= 0.3 is 5.97 Å². The zero-order chi connectivity index (χ0) is 13.4. The molecule has 1 aromatic rings. The van der Waals surface area contributed by atoms with Crippen LogP contribution in [-0.2, 0) is 11.2 Å². The van der Waals surface area contributed by atoms with Gasteiger partial charge in [0.25, 0.3) is 0 Å². The molecule has 0 aliphatic rings. The van der Waals surface area contributed by atoms with E-state index in [9.17, 15) is 4.79 Å². The fourth-order valence-electron chi connectivity index (χ4n) is 1.84. The molecule has 0 unspecified atom stereocenters. The summed E-state index contributed by atoms with van der Waals surface area (Å²) in [6.07, 6.45) is 3.92. The molecule has 0 heterocycles. The van der Waals surface area contributed by atoms with Crippen molar-refractivity contribution in [1.82, 2.24) is 0 Å². The van der Waals surface area contributed by atoms with Crippen molar-refractivity contribution >= 4 is 5.97 Å². The number of hydrogen-bond donors (Lipinski definition) is 0. The average Bonchev–Trinajstić information content (AvgIpc) is 2.40. The summed E-state index contributed by atoms with van der Waals surface area (Å²) in [4.78, 5) is 11.7. The molecule has 0 fully saturated rings. The maximum absolute atomic E-state index is 11.7. The molecule has 18 heavy (non-hydrogen) atoms. The van der Waals surface area contributed by atoms with Gasteiger partial charge in [0, 0.05) is 5.56 Å². The molecule has 0 N–H and O–H groups in total. The van der Waals surface area contributed by atoms with Gasteiger partial charge in [-0.1, -0.05) is 32.8 Å². The molecule has 0 aliphatic heterocycles. The predicted octanol–water partition coefficient (Wildman–Crippen LogP) is 3.60. The van der Waals surface area contributed by atoms with Crippen molar-refractivity contribution in [3.05, 3.63) is 29.3 Å². The lowest BCUT2D eigenvalue weighted by Gasteiger charge is -2.14. The van der Waals surface area contributed by atoms with Crippen LogP contribution in [0.3, 0.4) is 0 Å². The van der Waals surface area contributed by atoms with Crippen molar-refractivity contribution in [2.24, 2.45) is 0 Å². The zero-order valence-corrected chi connectivity index (χ0v) is 11.5. The molecule has 0 aromatic heterocycles. The highest BCUT2D eigenvalue weighted by Crippen LogP contribution is 2.25. The van der Waals surface area contributed by atoms with Crippen LogP contribution in [0.4, 0.5) is 0 Å². The van der Waals surface area contributed by atoms with Gasteiger partial charge in [-0.15, -0.1) is 0 Å². The fourth-order valence-corrected chi connectivity index (χ4v) is 1.84. The van der Waals surface area contributed by atoms with E-state index >= 15 is 0 Å². The predicted molar refractivity (Wildman–Crippen MR) is 72.2 cm³/mol. The molecule has 0 amide bonds. The smallest absolute Gasteiger partial charge is 0.338 e. The molecule has 0 saturated heterocycles. The summed E-state index contributed by atoms with van der Waals surface area (Å²) >= 11 is 0. The molecule has 0 saturated carbocycles. The molecule has 1 rings (SSSR count). The number of rotatable bonds is 7. The van der Waals surface area contributed by atoms with E-state index in [1.165, 1.54) is 7.11 Å². The van der Waals surface area contributed by atoms with Crippen LogP contribution in [0.15, 0.2) is 18.2 Å². The summed E-state index contributed by atoms with van der Waals surface area (Å²) in [6, 6.07) is 5.56. The van der Waals surface area contributed by atoms with Gasteiger partial charge in [-0.25, -0.2) is 4.79 Å². The van der Waals surface area contributed by atoms with Crippen molar-refractivity contribution in [1.29, 1.82) is 0 Å². The van der Waals surface area contributed by atoms with Gasteiger partial charge in [-0.2, -0.15) is 0 Å². The minimum Gasteiger partial charge on any atom is -0.493 e. The van der Waals surface area contributed by atoms with Crippen molar-refractivity contribution in [2.75, 3.05) is 13.7 Å². The summed E-state index contributed by atoms with van der Waals surface area (Å²) in [7, 11) is 1.41. The van der Waals surface area contributed by atoms with E-state index in [0.29, 0.717) is 12.2 Å². The Hall–Kier alpha value is -1.51. The topological polar surface area (TPSA) is 35.5 Å². The van der Waals surface area contributed by atoms with Crippen LogP contribution >= 0.6 is 0 Å². The Kier molecular flexibility index (Phi) is 6.26. The number of methoxy groups -OCH3 is 1. The molecule has 100 valence electrons. The highest BCUT2D eigenvalue weighted by atomic mass is 16.5. The maximum atomic E-state index is 11.7. The van der Waals surface area contributed by atoms with Crippen LogP contribution in [0.2, 0.25) is 0 Å². The summed E-state index contributed by atoms with van der Waals surface area (Å²) < 4.78 is 10.6. The van der Waals surface area contributed by atoms with Crippen molar-refractivity contribution in [3.63, 3.8) is 0 Å². The Morgan fingerprint density at radius 3 is 2.61 bits per heavy atom. The minimum atomic E-state index is -0.292. The van der Waals surface area contributed by atoms with Crippen LogP contribution in [0.5, 0.6) is 5.75 Å². The van der Waals surface area contributed by atoms with Gasteiger partial charge in [-0.05, 0) is 25.0 Å². The van der Waals surface area contributed by atoms with E-state index in [-0.39, 0.29) is 5.97 Å². The monoisotopic (exact) mass is 250 g/mol. The second kappa shape index (κ2) is 7.75. The fraction of sp³-hybridized carbons (Fsp3) is 0.533. The third kappa shape index (κ3) is 3.76. The third-order valence-corrected chi connectivity index (χ3v) is 2.79. The lowest BCUT2D eigenvalue weighted by Crippen LogP contribution is -2.08. The van der Waals surface area contributed by atoms with Crippen molar-refractivity contribution in [3.8, 4) is 5.75 Å². The van der Waals surface area contributed by atoms with Crippen LogP contribution in [0, 0.1) is 0 Å². The summed E-state index contributed by atoms with van der Waals surface area (Å²) in [5.74, 6) is 0.521. The van der Waals surface area contributed by atoms with Crippen molar-refractivity contribution < 1.29 is 14.3 Å². The van der Waals surface area contributed by atoms with Crippen LogP contribution < -0.4 is 4.74 Å². The van der Waals surface area contributed by atoms with Gasteiger partial charge in [0.2, 0.25) is 0 Å². The van der Waals surface area contributed by atoms with Gasteiger partial charge < -0.3 is 9.47 Å². The number of ether oxygens (including phenoxy) is 2. The SMILES string of the molecule is CCCCOc1cccc(C(=O)OC)c1CCC. The molecule has 3 heteroatoms. The molecule has 1 aromatic carbocycles. The standard InChI is InChI=1S/C15H22O3/c1-4-6-11-18-14-10-7-9-13(15(16)17-3)12(14)8-5-2/h7,9-10H,4-6,8,11H2,1-3H3. The number of hydrogen-bond acceptors (Lipinski definition) is 3. The van der Waals surface area contributed by atoms with E-state index in [2.05, 4.69) is 13.8 Å². The first-order valence-corrected chi connectivity index (χ1v) is 6.57. The molecular weight excluding hydrogens is 228 g/mol. The Morgan fingerprint density at radius 2 is 2.00 bits per heavy atom. The second-order valence-corrected chi connectivity index (χ2v) is 4.23. The van der Waals surface area contributed by atoms with Crippen LogP contribution in [0.1, 0.15) is 49.0 Å². The number of esters is 1. The average molecular weight is 250 g/mol. The lowest BCUT2D eigenvalue weighted by atomic mass is 10.0. The Labute approximate surface area is 109 Å². The molecule has 0 bridgehead atoms. The largest absolute Gasteiger partial charge is 0.493 e. The Balaban J connectivity index is 2.97. The molecule has 3 nitrogen and oxygen atoms in total. The zero-order valence-electron chi connectivity index (χ0n) is 11.5. The molecular formula is C15H22O3. The Morgan fingerprint density at radius 1 is 1.22 bits per heavy atom. The first-order chi connectivity index (χ1) is 8.74. The maximum Gasteiger partial charge on any atom is 0.338 e. The number of benzene rings is 1. The second-order valence-electron chi connectivity index (χ2n) is 4.23. The van der Waals surface area contributed by atoms with E-state index in [1.807, 2.05) is 12.1 Å². The highest BCUT2D eigenvalue weighted by Gasteiger charge is 2.15. The molecule has 0 radical (unpaired) electrons. The highest BCUT2D eigenvalue weighted by molar-refractivity contribution is 5.91. The normalized spacial score (nSPS) is 10.2. The summed E-state index contributed by atoms with van der Waals surface area (Å²) in [5, 5.41) is 0. The van der Waals surface area contributed by atoms with Crippen molar-refractivity contribution in [2.45, 2.75) is 39.5 Å². The van der Waals surface area contributed by atoms with E-state index in [1.54, 1.807) is 6.07 Å². The van der Waals surface area contributed by atoms with Crippen LogP contribution in [-0.4, -0.2) is 19.7 Å². The quantitative estimate of drug-likeness (QED) is 0.548. The van der Waals surface area contributed by atoms with Gasteiger partial charge in [0.05, 0.1) is 19.3 Å². The number of carbonyl (C=O) groups is 1. The first kappa shape index (κ1) is 14.6. The molecule has 0 spiro atoms. The summed E-state index contributed by atoms with van der Waals surface area (Å²) in [5.41, 5.74) is 1.58. The van der Waals surface area contributed by atoms with Gasteiger partial charge in [0.1, 0.15) is 5.75 Å². The minimum absolute atomic E-state index is 0.292. The van der Waals surface area contributed by atoms with Crippen LogP contribution in [0.25, 0.3) is 0 Å². The van der Waals surface area contributed by atoms with E-state index in [0.717, 1.165) is 37.0 Å². The number of carbonyl (C=O) groups excluding carboxylic acids is 1. The third-order valence-electron chi connectivity index (χ3n) is 2.79.